The first-order valence-corrected chi connectivity index (χ1v) is 2.64. The largest absolute Gasteiger partial charge is 0.321 e. The van der Waals surface area contributed by atoms with Gasteiger partial charge in [-0.05, 0) is 11.6 Å². The molecule has 1 amide bonds. The molecule has 44 valence electrons. The minimum absolute atomic E-state index is 0.453. The van der Waals surface area contributed by atoms with Gasteiger partial charge in [0.2, 0.25) is 0 Å². The molecule has 1 heterocycles. The maximum absolute atomic E-state index is 10.2. The van der Waals surface area contributed by atoms with Crippen molar-refractivity contribution in [3.05, 3.63) is 0 Å². The van der Waals surface area contributed by atoms with Gasteiger partial charge in [0.05, 0.1) is 12.9 Å². The van der Waals surface area contributed by atoms with E-state index in [1.807, 2.05) is 0 Å². The standard InChI is InChI=1S/C4H5ClN2O/c5-4(8)7-2-1-6-3-7/h3H,1-2H2. The number of aliphatic imine (C=N–C) groups is 1. The Morgan fingerprint density at radius 3 is 2.88 bits per heavy atom. The molecular formula is C4H5ClN2O. The summed E-state index contributed by atoms with van der Waals surface area (Å²) in [7, 11) is 0. The molecule has 0 aliphatic carbocycles. The van der Waals surface area contributed by atoms with Crippen molar-refractivity contribution >= 4 is 23.3 Å². The zero-order valence-electron chi connectivity index (χ0n) is 4.17. The smallest absolute Gasteiger partial charge is 0.288 e. The van der Waals surface area contributed by atoms with Crippen molar-refractivity contribution in [3.63, 3.8) is 0 Å². The summed E-state index contributed by atoms with van der Waals surface area (Å²) in [5.41, 5.74) is 0. The summed E-state index contributed by atoms with van der Waals surface area (Å²) in [5, 5.41) is -0.453. The number of hydrogen-bond acceptors (Lipinski definition) is 2. The first-order chi connectivity index (χ1) is 3.80. The van der Waals surface area contributed by atoms with Crippen LogP contribution in [0.15, 0.2) is 4.99 Å². The van der Waals surface area contributed by atoms with Gasteiger partial charge in [-0.2, -0.15) is 0 Å². The molecule has 0 bridgehead atoms. The van der Waals surface area contributed by atoms with E-state index >= 15 is 0 Å². The lowest BCUT2D eigenvalue weighted by Gasteiger charge is -2.03. The second-order valence-corrected chi connectivity index (χ2v) is 1.79. The fourth-order valence-corrected chi connectivity index (χ4v) is 0.641. The van der Waals surface area contributed by atoms with E-state index in [0.717, 1.165) is 0 Å². The van der Waals surface area contributed by atoms with Crippen LogP contribution in [-0.4, -0.2) is 29.7 Å². The quantitative estimate of drug-likeness (QED) is 0.353. The van der Waals surface area contributed by atoms with Crippen LogP contribution >= 0.6 is 11.6 Å². The number of rotatable bonds is 0. The molecule has 1 aliphatic heterocycles. The van der Waals surface area contributed by atoms with Gasteiger partial charge in [-0.3, -0.25) is 14.7 Å². The van der Waals surface area contributed by atoms with Crippen LogP contribution in [0.2, 0.25) is 0 Å². The second-order valence-electron chi connectivity index (χ2n) is 1.47. The van der Waals surface area contributed by atoms with E-state index in [4.69, 9.17) is 11.6 Å². The Morgan fingerprint density at radius 2 is 2.62 bits per heavy atom. The average Bonchev–Trinajstić information content (AvgIpc) is 2.12. The predicted octanol–water partition coefficient (Wildman–Crippen LogP) is 0.689. The zero-order chi connectivity index (χ0) is 5.98. The lowest BCUT2D eigenvalue weighted by atomic mass is 10.6. The molecule has 4 heteroatoms. The van der Waals surface area contributed by atoms with Crippen LogP contribution in [0, 0.1) is 0 Å². The first kappa shape index (κ1) is 5.56. The highest BCUT2D eigenvalue weighted by atomic mass is 35.5. The summed E-state index contributed by atoms with van der Waals surface area (Å²) in [5.74, 6) is 0. The number of hydrogen-bond donors (Lipinski definition) is 0. The van der Waals surface area contributed by atoms with Gasteiger partial charge in [-0.25, -0.2) is 0 Å². The molecule has 0 saturated carbocycles. The highest BCUT2D eigenvalue weighted by Gasteiger charge is 2.09. The Hall–Kier alpha value is -0.570. The molecule has 0 N–H and O–H groups in total. The third-order valence-corrected chi connectivity index (χ3v) is 1.13. The minimum Gasteiger partial charge on any atom is -0.288 e. The van der Waals surface area contributed by atoms with Crippen molar-refractivity contribution < 1.29 is 4.79 Å². The van der Waals surface area contributed by atoms with Crippen molar-refractivity contribution in [2.75, 3.05) is 13.1 Å². The third-order valence-electron chi connectivity index (χ3n) is 0.917. The van der Waals surface area contributed by atoms with Crippen LogP contribution in [0.1, 0.15) is 0 Å². The van der Waals surface area contributed by atoms with Crippen LogP contribution in [0.3, 0.4) is 0 Å². The molecule has 1 aliphatic rings. The fraction of sp³-hybridized carbons (Fsp3) is 0.500. The Labute approximate surface area is 51.9 Å². The molecule has 8 heavy (non-hydrogen) atoms. The van der Waals surface area contributed by atoms with Gasteiger partial charge in [0.15, 0.2) is 0 Å². The van der Waals surface area contributed by atoms with Gasteiger partial charge >= 0.3 is 5.37 Å². The highest BCUT2D eigenvalue weighted by Crippen LogP contribution is 1.97. The van der Waals surface area contributed by atoms with Gasteiger partial charge in [-0.1, -0.05) is 0 Å². The number of carbonyl (C=O) groups is 1. The summed E-state index contributed by atoms with van der Waals surface area (Å²) in [4.78, 5) is 15.4. The molecule has 0 radical (unpaired) electrons. The van der Waals surface area contributed by atoms with E-state index in [2.05, 4.69) is 4.99 Å². The topological polar surface area (TPSA) is 32.7 Å². The summed E-state index contributed by atoms with van der Waals surface area (Å²) >= 11 is 5.08. The molecule has 0 unspecified atom stereocenters. The van der Waals surface area contributed by atoms with E-state index in [-0.39, 0.29) is 0 Å². The normalized spacial score (nSPS) is 17.4. The highest BCUT2D eigenvalue weighted by molar-refractivity contribution is 6.63. The lowest BCUT2D eigenvalue weighted by molar-refractivity contribution is 0.246. The molecule has 0 saturated heterocycles. The van der Waals surface area contributed by atoms with Gasteiger partial charge in [0.1, 0.15) is 0 Å². The van der Waals surface area contributed by atoms with Crippen LogP contribution in [0.25, 0.3) is 0 Å². The summed E-state index contributed by atoms with van der Waals surface area (Å²) in [6, 6.07) is 0. The van der Waals surface area contributed by atoms with Crippen LogP contribution in [0.5, 0.6) is 0 Å². The Balaban J connectivity index is 2.48. The van der Waals surface area contributed by atoms with E-state index in [1.54, 1.807) is 0 Å². The SMILES string of the molecule is O=C(Cl)N1C=NCC1. The first-order valence-electron chi connectivity index (χ1n) is 2.27. The van der Waals surface area contributed by atoms with Crippen LogP contribution < -0.4 is 0 Å². The molecule has 0 aromatic rings. The summed E-state index contributed by atoms with van der Waals surface area (Å²) < 4.78 is 0. The lowest BCUT2D eigenvalue weighted by Crippen LogP contribution is -2.21. The molecule has 1 rings (SSSR count). The molecule has 3 nitrogen and oxygen atoms in total. The van der Waals surface area contributed by atoms with Gasteiger partial charge in [0.25, 0.3) is 0 Å². The van der Waals surface area contributed by atoms with Crippen molar-refractivity contribution in [1.29, 1.82) is 0 Å². The second kappa shape index (κ2) is 2.13. The van der Waals surface area contributed by atoms with Crippen molar-refractivity contribution in [3.8, 4) is 0 Å². The molecule has 0 atom stereocenters. The maximum atomic E-state index is 10.2. The average molecular weight is 133 g/mol. The number of amides is 1. The van der Waals surface area contributed by atoms with Crippen LogP contribution in [-0.2, 0) is 0 Å². The van der Waals surface area contributed by atoms with Gasteiger partial charge in [0, 0.05) is 6.54 Å². The zero-order valence-corrected chi connectivity index (χ0v) is 4.93. The monoisotopic (exact) mass is 132 g/mol. The Morgan fingerprint density at radius 1 is 1.88 bits per heavy atom. The van der Waals surface area contributed by atoms with Gasteiger partial charge < -0.3 is 0 Å². The minimum atomic E-state index is -0.453. The number of carbonyl (C=O) groups excluding carboxylic acids is 1. The number of halogens is 1. The van der Waals surface area contributed by atoms with Crippen molar-refractivity contribution in [1.82, 2.24) is 4.90 Å². The predicted molar refractivity (Wildman–Crippen MR) is 31.3 cm³/mol. The molecule has 0 aromatic carbocycles. The van der Waals surface area contributed by atoms with E-state index in [0.29, 0.717) is 13.1 Å². The molecule has 0 fully saturated rings. The van der Waals surface area contributed by atoms with E-state index < -0.39 is 5.37 Å². The Bertz CT molecular complexity index is 134. The molecule has 0 aromatic heterocycles. The van der Waals surface area contributed by atoms with Crippen LogP contribution in [0.4, 0.5) is 4.79 Å². The van der Waals surface area contributed by atoms with Crippen molar-refractivity contribution in [2.24, 2.45) is 4.99 Å². The number of nitrogens with zero attached hydrogens (tertiary/aromatic N) is 2. The van der Waals surface area contributed by atoms with E-state index in [9.17, 15) is 4.79 Å². The third kappa shape index (κ3) is 0.980. The maximum Gasteiger partial charge on any atom is 0.321 e. The Kier molecular flexibility index (Phi) is 1.48. The fourth-order valence-electron chi connectivity index (χ4n) is 0.513. The van der Waals surface area contributed by atoms with Gasteiger partial charge in [-0.15, -0.1) is 0 Å². The molecule has 0 spiro atoms. The molecular weight excluding hydrogens is 128 g/mol. The summed E-state index contributed by atoms with van der Waals surface area (Å²) in [6.45, 7) is 1.31. The van der Waals surface area contributed by atoms with Crippen molar-refractivity contribution in [2.45, 2.75) is 0 Å². The summed E-state index contributed by atoms with van der Waals surface area (Å²) in [6.07, 6.45) is 1.45. The van der Waals surface area contributed by atoms with E-state index in [1.165, 1.54) is 11.2 Å².